The van der Waals surface area contributed by atoms with Gasteiger partial charge in [-0.25, -0.2) is 4.68 Å². The van der Waals surface area contributed by atoms with Gasteiger partial charge in [0.25, 0.3) is 0 Å². The molecule has 31 heavy (non-hydrogen) atoms. The van der Waals surface area contributed by atoms with Gasteiger partial charge in [-0.05, 0) is 25.0 Å². The average molecular weight is 450 g/mol. The van der Waals surface area contributed by atoms with Crippen LogP contribution in [0, 0.1) is 12.8 Å². The quantitative estimate of drug-likeness (QED) is 0.419. The topological polar surface area (TPSA) is 85.8 Å². The lowest BCUT2D eigenvalue weighted by Crippen LogP contribution is -2.31. The van der Waals surface area contributed by atoms with E-state index in [2.05, 4.69) is 15.5 Å². The molecule has 3 rings (SSSR count). The number of amides is 1. The molecule has 0 aliphatic rings. The normalized spacial score (nSPS) is 12.7. The molecule has 2 aromatic carbocycles. The first-order chi connectivity index (χ1) is 14.6. The monoisotopic (exact) mass is 449 g/mol. The zero-order chi connectivity index (χ0) is 22.8. The second-order valence-corrected chi connectivity index (χ2v) is 8.47. The molecule has 10 heteroatoms. The van der Waals surface area contributed by atoms with E-state index < -0.39 is 22.9 Å². The molecule has 0 aliphatic heterocycles. The van der Waals surface area contributed by atoms with E-state index in [0.717, 1.165) is 29.0 Å². The number of para-hydroxylation sites is 1. The molecular formula is C21H22F3N5OS. The third kappa shape index (κ3) is 5.19. The number of nitrogens with one attached hydrogen (secondary N) is 1. The molecule has 0 aliphatic carbocycles. The molecule has 3 aromatic rings. The third-order valence-electron chi connectivity index (χ3n) is 4.56. The van der Waals surface area contributed by atoms with Crippen molar-refractivity contribution in [1.82, 2.24) is 14.9 Å². The van der Waals surface area contributed by atoms with Crippen molar-refractivity contribution < 1.29 is 18.0 Å². The van der Waals surface area contributed by atoms with Crippen molar-refractivity contribution >= 4 is 23.4 Å². The summed E-state index contributed by atoms with van der Waals surface area (Å²) in [4.78, 5) is 12.9. The molecule has 0 saturated carbocycles. The lowest BCUT2D eigenvalue weighted by atomic mass is 10.1. The minimum Gasteiger partial charge on any atom is -0.335 e. The number of carbonyl (C=O) groups excluding carboxylic acids is 1. The van der Waals surface area contributed by atoms with Crippen LogP contribution in [-0.2, 0) is 11.0 Å². The molecule has 164 valence electrons. The van der Waals surface area contributed by atoms with Crippen molar-refractivity contribution in [2.75, 3.05) is 11.2 Å². The molecule has 0 bridgehead atoms. The van der Waals surface area contributed by atoms with Gasteiger partial charge in [0.1, 0.15) is 0 Å². The fraction of sp³-hybridized carbons (Fsp3) is 0.286. The molecule has 6 nitrogen and oxygen atoms in total. The number of alkyl halides is 3. The van der Waals surface area contributed by atoms with Crippen LogP contribution in [0.1, 0.15) is 25.0 Å². The van der Waals surface area contributed by atoms with E-state index in [1.165, 1.54) is 22.9 Å². The summed E-state index contributed by atoms with van der Waals surface area (Å²) in [5.74, 6) is 5.79. The fourth-order valence-electron chi connectivity index (χ4n) is 2.91. The highest BCUT2D eigenvalue weighted by Crippen LogP contribution is 2.36. The van der Waals surface area contributed by atoms with Gasteiger partial charge in [-0.1, -0.05) is 67.6 Å². The van der Waals surface area contributed by atoms with E-state index >= 15 is 0 Å². The SMILES string of the molecule is Cc1ccc(-c2nnc(SC(C(=O)Nc3ccccc3C(F)(F)F)C(C)C)n2N)cc1. The van der Waals surface area contributed by atoms with Crippen LogP contribution >= 0.6 is 11.8 Å². The number of hydrogen-bond donors (Lipinski definition) is 2. The van der Waals surface area contributed by atoms with Crippen LogP contribution in [-0.4, -0.2) is 26.0 Å². The van der Waals surface area contributed by atoms with Crippen LogP contribution in [0.5, 0.6) is 0 Å². The number of benzene rings is 2. The molecule has 1 heterocycles. The zero-order valence-electron chi connectivity index (χ0n) is 17.1. The maximum atomic E-state index is 13.3. The van der Waals surface area contributed by atoms with E-state index in [0.29, 0.717) is 5.82 Å². The fourth-order valence-corrected chi connectivity index (χ4v) is 3.86. The molecule has 1 atom stereocenters. The van der Waals surface area contributed by atoms with Crippen LogP contribution in [0.3, 0.4) is 0 Å². The molecule has 1 unspecified atom stereocenters. The first kappa shape index (κ1) is 22.7. The number of hydrogen-bond acceptors (Lipinski definition) is 5. The zero-order valence-corrected chi connectivity index (χ0v) is 18.0. The van der Waals surface area contributed by atoms with E-state index in [1.54, 1.807) is 13.8 Å². The number of rotatable bonds is 6. The lowest BCUT2D eigenvalue weighted by molar-refractivity contribution is -0.137. The number of thioether (sulfide) groups is 1. The lowest BCUT2D eigenvalue weighted by Gasteiger charge is -2.20. The van der Waals surface area contributed by atoms with Crippen molar-refractivity contribution in [2.24, 2.45) is 5.92 Å². The Bertz CT molecular complexity index is 1060. The Morgan fingerprint density at radius 1 is 1.10 bits per heavy atom. The van der Waals surface area contributed by atoms with Gasteiger partial charge >= 0.3 is 6.18 Å². The molecule has 0 fully saturated rings. The maximum absolute atomic E-state index is 13.3. The van der Waals surface area contributed by atoms with Gasteiger partial charge in [-0.3, -0.25) is 4.79 Å². The van der Waals surface area contributed by atoms with Gasteiger partial charge in [-0.2, -0.15) is 13.2 Å². The predicted molar refractivity (Wildman–Crippen MR) is 115 cm³/mol. The highest BCUT2D eigenvalue weighted by Gasteiger charge is 2.35. The first-order valence-electron chi connectivity index (χ1n) is 9.49. The van der Waals surface area contributed by atoms with Crippen molar-refractivity contribution in [3.8, 4) is 11.4 Å². The summed E-state index contributed by atoms with van der Waals surface area (Å²) < 4.78 is 41.0. The summed E-state index contributed by atoms with van der Waals surface area (Å²) in [7, 11) is 0. The van der Waals surface area contributed by atoms with Crippen LogP contribution in [0.4, 0.5) is 18.9 Å². The highest BCUT2D eigenvalue weighted by molar-refractivity contribution is 8.00. The van der Waals surface area contributed by atoms with Crippen LogP contribution < -0.4 is 11.2 Å². The number of aromatic nitrogens is 3. The predicted octanol–water partition coefficient (Wildman–Crippen LogP) is 4.74. The minimum absolute atomic E-state index is 0.206. The molecule has 0 radical (unpaired) electrons. The number of nitrogens with two attached hydrogens (primary N) is 1. The summed E-state index contributed by atoms with van der Waals surface area (Å²) in [6.45, 7) is 5.55. The standard InChI is InChI=1S/C21H22F3N5OS/c1-12(2)17(19(30)26-16-7-5-4-6-15(16)21(22,23)24)31-20-28-27-18(29(20)25)14-10-8-13(3)9-11-14/h4-12,17H,25H2,1-3H3,(H,26,30). The summed E-state index contributed by atoms with van der Waals surface area (Å²) in [6, 6.07) is 12.4. The molecular weight excluding hydrogens is 427 g/mol. The Hall–Kier alpha value is -3.01. The molecule has 0 saturated heterocycles. The largest absolute Gasteiger partial charge is 0.418 e. The van der Waals surface area contributed by atoms with Crippen LogP contribution in [0.25, 0.3) is 11.4 Å². The van der Waals surface area contributed by atoms with E-state index in [-0.39, 0.29) is 16.8 Å². The third-order valence-corrected chi connectivity index (χ3v) is 6.06. The van der Waals surface area contributed by atoms with Crippen molar-refractivity contribution in [1.29, 1.82) is 0 Å². The number of carbonyl (C=O) groups is 1. The van der Waals surface area contributed by atoms with Gasteiger partial charge < -0.3 is 11.2 Å². The smallest absolute Gasteiger partial charge is 0.335 e. The van der Waals surface area contributed by atoms with Gasteiger partial charge in [0, 0.05) is 5.56 Å². The van der Waals surface area contributed by atoms with Crippen molar-refractivity contribution in [3.05, 3.63) is 59.7 Å². The van der Waals surface area contributed by atoms with Crippen LogP contribution in [0.2, 0.25) is 0 Å². The Balaban J connectivity index is 1.83. The average Bonchev–Trinajstić information content (AvgIpc) is 3.06. The minimum atomic E-state index is -4.58. The summed E-state index contributed by atoms with van der Waals surface area (Å²) in [5.41, 5.74) is 0.648. The Morgan fingerprint density at radius 3 is 2.35 bits per heavy atom. The second-order valence-electron chi connectivity index (χ2n) is 7.36. The van der Waals surface area contributed by atoms with Crippen molar-refractivity contribution in [3.63, 3.8) is 0 Å². The number of anilines is 1. The number of nitrogens with zero attached hydrogens (tertiary/aromatic N) is 3. The molecule has 3 N–H and O–H groups in total. The Kier molecular flexibility index (Phi) is 6.59. The Morgan fingerprint density at radius 2 is 1.74 bits per heavy atom. The highest BCUT2D eigenvalue weighted by atomic mass is 32.2. The van der Waals surface area contributed by atoms with E-state index in [9.17, 15) is 18.0 Å². The number of nitrogen functional groups attached to an aromatic ring is 1. The van der Waals surface area contributed by atoms with Gasteiger partial charge in [0.15, 0.2) is 5.82 Å². The van der Waals surface area contributed by atoms with E-state index in [1.807, 2.05) is 31.2 Å². The van der Waals surface area contributed by atoms with Crippen LogP contribution in [0.15, 0.2) is 53.7 Å². The summed E-state index contributed by atoms with van der Waals surface area (Å²) in [6.07, 6.45) is -4.58. The van der Waals surface area contributed by atoms with E-state index in [4.69, 9.17) is 5.84 Å². The van der Waals surface area contributed by atoms with Gasteiger partial charge in [-0.15, -0.1) is 10.2 Å². The number of halogens is 3. The Labute approximate surface area is 182 Å². The molecule has 0 spiro atoms. The van der Waals surface area contributed by atoms with Crippen molar-refractivity contribution in [2.45, 2.75) is 37.4 Å². The summed E-state index contributed by atoms with van der Waals surface area (Å²) >= 11 is 1.05. The number of aryl methyl sites for hydroxylation is 1. The molecule has 1 aromatic heterocycles. The molecule has 1 amide bonds. The van der Waals surface area contributed by atoms with Gasteiger partial charge in [0.2, 0.25) is 11.1 Å². The maximum Gasteiger partial charge on any atom is 0.418 e. The van der Waals surface area contributed by atoms with Gasteiger partial charge in [0.05, 0.1) is 16.5 Å². The first-order valence-corrected chi connectivity index (χ1v) is 10.4. The summed E-state index contributed by atoms with van der Waals surface area (Å²) in [5, 5.41) is 10.1. The second kappa shape index (κ2) is 9.01.